The van der Waals surface area contributed by atoms with E-state index in [2.05, 4.69) is 9.97 Å². The van der Waals surface area contributed by atoms with E-state index in [0.717, 1.165) is 11.8 Å². The molecule has 152 valence electrons. The zero-order valence-corrected chi connectivity index (χ0v) is 16.5. The van der Waals surface area contributed by atoms with Crippen LogP contribution in [-0.2, 0) is 9.53 Å². The third kappa shape index (κ3) is 5.69. The summed E-state index contributed by atoms with van der Waals surface area (Å²) >= 11 is 1.09. The maximum atomic E-state index is 11.6. The molecule has 0 aliphatic heterocycles. The van der Waals surface area contributed by atoms with Gasteiger partial charge < -0.3 is 18.9 Å². The largest absolute Gasteiger partial charge is 0.497 e. The maximum absolute atomic E-state index is 11.6. The summed E-state index contributed by atoms with van der Waals surface area (Å²) in [5.74, 6) is -1.16. The average Bonchev–Trinajstić information content (AvgIpc) is 2.71. The van der Waals surface area contributed by atoms with Gasteiger partial charge in [-0.15, -0.1) is 0 Å². The molecule has 0 spiro atoms. The van der Waals surface area contributed by atoms with Crippen LogP contribution in [0.15, 0.2) is 23.4 Å². The molecule has 0 aliphatic carbocycles. The molecule has 0 bridgehead atoms. The third-order valence-corrected chi connectivity index (χ3v) is 3.80. The van der Waals surface area contributed by atoms with Gasteiger partial charge in [0.25, 0.3) is 0 Å². The van der Waals surface area contributed by atoms with Crippen molar-refractivity contribution in [3.8, 4) is 29.3 Å². The Morgan fingerprint density at radius 3 is 2.55 bits per heavy atom. The van der Waals surface area contributed by atoms with Crippen LogP contribution in [0, 0.1) is 21.4 Å². The quantitative estimate of drug-likeness (QED) is 0.194. The Balaban J connectivity index is 2.47. The lowest BCUT2D eigenvalue weighted by molar-refractivity contribution is -0.387. The Hall–Kier alpha value is -3.59. The molecular weight excluding hydrogens is 404 g/mol. The summed E-state index contributed by atoms with van der Waals surface area (Å²) in [6, 6.07) is 6.21. The first-order chi connectivity index (χ1) is 13.9. The first kappa shape index (κ1) is 21.7. The number of aromatic nitrogens is 2. The number of benzene rings is 1. The number of rotatable bonds is 9. The molecule has 29 heavy (non-hydrogen) atoms. The molecule has 0 saturated carbocycles. The lowest BCUT2D eigenvalue weighted by Gasteiger charge is -2.11. The Morgan fingerprint density at radius 2 is 1.97 bits per heavy atom. The molecule has 0 saturated heterocycles. The van der Waals surface area contributed by atoms with E-state index < -0.39 is 34.9 Å². The van der Waals surface area contributed by atoms with Crippen LogP contribution in [0.3, 0.4) is 0 Å². The summed E-state index contributed by atoms with van der Waals surface area (Å²) in [7, 11) is 1.40. The Labute approximate surface area is 169 Å². The fourth-order valence-electron chi connectivity index (χ4n) is 2.07. The molecule has 12 heteroatoms. The molecule has 11 nitrogen and oxygen atoms in total. The number of methoxy groups -OCH3 is 1. The topological polar surface area (TPSA) is 147 Å². The Morgan fingerprint density at radius 1 is 1.28 bits per heavy atom. The number of nitrogens with zero attached hydrogens (tertiary/aromatic N) is 4. The molecule has 1 aromatic heterocycles. The van der Waals surface area contributed by atoms with Gasteiger partial charge in [0.2, 0.25) is 0 Å². The number of carbonyl (C=O) groups excluding carboxylic acids is 1. The molecule has 2 rings (SSSR count). The summed E-state index contributed by atoms with van der Waals surface area (Å²) in [6.07, 6.45) is 1.65. The second-order valence-corrected chi connectivity index (χ2v) is 5.90. The number of carbonyl (C=O) groups is 1. The highest BCUT2D eigenvalue weighted by Crippen LogP contribution is 2.38. The van der Waals surface area contributed by atoms with Crippen LogP contribution in [0.5, 0.6) is 23.3 Å². The lowest BCUT2D eigenvalue weighted by atomic mass is 10.2. The number of thioether (sulfide) groups is 1. The zero-order valence-electron chi connectivity index (χ0n) is 15.7. The predicted molar refractivity (Wildman–Crippen MR) is 100 cm³/mol. The second kappa shape index (κ2) is 10.1. The van der Waals surface area contributed by atoms with Gasteiger partial charge in [-0.05, 0) is 25.3 Å². The van der Waals surface area contributed by atoms with E-state index in [1.165, 1.54) is 25.3 Å². The van der Waals surface area contributed by atoms with E-state index >= 15 is 0 Å². The second-order valence-electron chi connectivity index (χ2n) is 5.13. The van der Waals surface area contributed by atoms with Crippen molar-refractivity contribution in [2.45, 2.75) is 12.1 Å². The van der Waals surface area contributed by atoms with Crippen molar-refractivity contribution in [2.75, 3.05) is 26.6 Å². The van der Waals surface area contributed by atoms with Gasteiger partial charge in [0, 0.05) is 6.07 Å². The van der Waals surface area contributed by atoms with Crippen molar-refractivity contribution < 1.29 is 28.7 Å². The molecule has 1 heterocycles. The Bertz CT molecular complexity index is 962. The molecule has 0 amide bonds. The first-order valence-electron chi connectivity index (χ1n) is 8.07. The van der Waals surface area contributed by atoms with Crippen LogP contribution < -0.4 is 14.2 Å². The van der Waals surface area contributed by atoms with Crippen LogP contribution in [0.4, 0.5) is 5.69 Å². The highest BCUT2D eigenvalue weighted by atomic mass is 32.2. The summed E-state index contributed by atoms with van der Waals surface area (Å²) in [5.41, 5.74) is -0.451. The van der Waals surface area contributed by atoms with Crippen LogP contribution in [0.1, 0.15) is 12.5 Å². The molecule has 0 N–H and O–H groups in total. The molecular formula is C17H16N4O7S. The average molecular weight is 420 g/mol. The smallest absolute Gasteiger partial charge is 0.392 e. The monoisotopic (exact) mass is 420 g/mol. The van der Waals surface area contributed by atoms with Gasteiger partial charge in [-0.1, -0.05) is 11.8 Å². The predicted octanol–water partition coefficient (Wildman–Crippen LogP) is 2.72. The van der Waals surface area contributed by atoms with Gasteiger partial charge in [-0.25, -0.2) is 4.79 Å². The van der Waals surface area contributed by atoms with Crippen LogP contribution in [0.2, 0.25) is 0 Å². The van der Waals surface area contributed by atoms with Crippen molar-refractivity contribution in [3.05, 3.63) is 33.9 Å². The number of nitriles is 1. The molecule has 0 fully saturated rings. The minimum absolute atomic E-state index is 0.0890. The number of hydrogen-bond acceptors (Lipinski definition) is 11. The number of hydrogen-bond donors (Lipinski definition) is 0. The summed E-state index contributed by atoms with van der Waals surface area (Å²) < 4.78 is 20.6. The van der Waals surface area contributed by atoms with Gasteiger partial charge >= 0.3 is 23.4 Å². The van der Waals surface area contributed by atoms with Crippen molar-refractivity contribution in [1.82, 2.24) is 9.97 Å². The lowest BCUT2D eigenvalue weighted by Crippen LogP contribution is -2.16. The fraction of sp³-hybridized carbons (Fsp3) is 0.294. The molecule has 2 aromatic rings. The van der Waals surface area contributed by atoms with E-state index in [9.17, 15) is 14.9 Å². The SMILES string of the molecule is CCOC(=O)COc1nc(SC)nc(Oc2cc(C#N)cc(OC)c2)c1[N+](=O)[O-]. The molecule has 0 atom stereocenters. The number of ether oxygens (including phenoxy) is 4. The summed E-state index contributed by atoms with van der Waals surface area (Å²) in [6.45, 7) is 1.18. The van der Waals surface area contributed by atoms with Crippen molar-refractivity contribution in [1.29, 1.82) is 5.26 Å². The van der Waals surface area contributed by atoms with Crippen molar-refractivity contribution in [2.24, 2.45) is 0 Å². The van der Waals surface area contributed by atoms with Crippen LogP contribution in [-0.4, -0.2) is 47.4 Å². The van der Waals surface area contributed by atoms with E-state index in [1.807, 2.05) is 6.07 Å². The van der Waals surface area contributed by atoms with Crippen molar-refractivity contribution in [3.63, 3.8) is 0 Å². The van der Waals surface area contributed by atoms with Crippen molar-refractivity contribution >= 4 is 23.4 Å². The molecule has 1 aromatic carbocycles. The highest BCUT2D eigenvalue weighted by molar-refractivity contribution is 7.98. The normalized spacial score (nSPS) is 10.0. The zero-order chi connectivity index (χ0) is 21.4. The van der Waals surface area contributed by atoms with Gasteiger partial charge in [-0.2, -0.15) is 15.2 Å². The first-order valence-corrected chi connectivity index (χ1v) is 9.30. The summed E-state index contributed by atoms with van der Waals surface area (Å²) in [4.78, 5) is 30.3. The van der Waals surface area contributed by atoms with Crippen LogP contribution >= 0.6 is 11.8 Å². The van der Waals surface area contributed by atoms with E-state index in [4.69, 9.17) is 24.2 Å². The highest BCUT2D eigenvalue weighted by Gasteiger charge is 2.29. The Kier molecular flexibility index (Phi) is 7.55. The van der Waals surface area contributed by atoms with Gasteiger partial charge in [0.15, 0.2) is 11.8 Å². The fourth-order valence-corrected chi connectivity index (χ4v) is 2.42. The van der Waals surface area contributed by atoms with Gasteiger partial charge in [0.1, 0.15) is 11.5 Å². The van der Waals surface area contributed by atoms with E-state index in [0.29, 0.717) is 5.75 Å². The number of nitro groups is 1. The van der Waals surface area contributed by atoms with Crippen LogP contribution in [0.25, 0.3) is 0 Å². The third-order valence-electron chi connectivity index (χ3n) is 3.26. The molecule has 0 aliphatic rings. The number of esters is 1. The van der Waals surface area contributed by atoms with Gasteiger partial charge in [-0.3, -0.25) is 10.1 Å². The van der Waals surface area contributed by atoms with E-state index in [-0.39, 0.29) is 23.1 Å². The summed E-state index contributed by atoms with van der Waals surface area (Å²) in [5, 5.41) is 20.9. The van der Waals surface area contributed by atoms with Gasteiger partial charge in [0.05, 0.1) is 30.3 Å². The minimum atomic E-state index is -0.786. The van der Waals surface area contributed by atoms with E-state index in [1.54, 1.807) is 13.2 Å². The molecule has 0 unspecified atom stereocenters. The standard InChI is InChI=1S/C17H16N4O7S/c1-4-26-13(22)9-27-15-14(21(23)24)16(20-17(19-15)29-3)28-12-6-10(8-18)5-11(7-12)25-2/h5-7H,4,9H2,1-3H3. The maximum Gasteiger partial charge on any atom is 0.392 e. The minimum Gasteiger partial charge on any atom is -0.497 e. The molecule has 0 radical (unpaired) electrons.